The summed E-state index contributed by atoms with van der Waals surface area (Å²) in [5.74, 6) is 0.958. The molecule has 0 bridgehead atoms. The van der Waals surface area contributed by atoms with E-state index in [0.717, 1.165) is 48.5 Å². The van der Waals surface area contributed by atoms with Crippen LogP contribution < -0.4 is 10.2 Å². The molecular formula is C19H19N5O. The highest BCUT2D eigenvalue weighted by atomic mass is 16.1. The zero-order valence-corrected chi connectivity index (χ0v) is 14.1. The Bertz CT molecular complexity index is 934. The first-order valence-electron chi connectivity index (χ1n) is 8.47. The molecule has 1 aliphatic heterocycles. The highest BCUT2D eigenvalue weighted by Crippen LogP contribution is 2.28. The summed E-state index contributed by atoms with van der Waals surface area (Å²) in [6.45, 7) is 3.72. The molecule has 1 aromatic carbocycles. The summed E-state index contributed by atoms with van der Waals surface area (Å²) in [6.07, 6.45) is 2.25. The molecule has 1 saturated heterocycles. The van der Waals surface area contributed by atoms with Crippen LogP contribution in [0.3, 0.4) is 0 Å². The van der Waals surface area contributed by atoms with Crippen LogP contribution in [-0.4, -0.2) is 33.9 Å². The molecule has 1 amide bonds. The molecule has 126 valence electrons. The number of amides is 1. The van der Waals surface area contributed by atoms with E-state index in [2.05, 4.69) is 20.2 Å². The number of hydrogen-bond donors (Lipinski definition) is 1. The van der Waals surface area contributed by atoms with Crippen LogP contribution in [0.5, 0.6) is 0 Å². The van der Waals surface area contributed by atoms with Gasteiger partial charge in [-0.15, -0.1) is 0 Å². The third-order valence-corrected chi connectivity index (χ3v) is 4.31. The van der Waals surface area contributed by atoms with E-state index in [-0.39, 0.29) is 5.91 Å². The number of rotatable bonds is 3. The molecule has 0 aliphatic carbocycles. The second-order valence-corrected chi connectivity index (χ2v) is 6.20. The van der Waals surface area contributed by atoms with Crippen molar-refractivity contribution in [3.63, 3.8) is 0 Å². The lowest BCUT2D eigenvalue weighted by atomic mass is 10.3. The van der Waals surface area contributed by atoms with Crippen molar-refractivity contribution in [3.8, 4) is 0 Å². The second-order valence-electron chi connectivity index (χ2n) is 6.20. The zero-order valence-electron chi connectivity index (χ0n) is 14.1. The topological polar surface area (TPSA) is 71.0 Å². The van der Waals surface area contributed by atoms with Gasteiger partial charge in [-0.05, 0) is 44.0 Å². The number of aromatic nitrogens is 3. The quantitative estimate of drug-likeness (QED) is 0.797. The van der Waals surface area contributed by atoms with Crippen LogP contribution >= 0.6 is 0 Å². The average molecular weight is 333 g/mol. The normalized spacial score (nSPS) is 14.0. The Hall–Kier alpha value is -3.02. The van der Waals surface area contributed by atoms with Gasteiger partial charge in [-0.1, -0.05) is 18.2 Å². The Balaban J connectivity index is 1.73. The molecule has 6 nitrogen and oxygen atoms in total. The van der Waals surface area contributed by atoms with Crippen molar-refractivity contribution >= 4 is 28.6 Å². The molecule has 0 spiro atoms. The summed E-state index contributed by atoms with van der Waals surface area (Å²) < 4.78 is 0. The average Bonchev–Trinajstić information content (AvgIpc) is 3.15. The molecule has 3 heterocycles. The van der Waals surface area contributed by atoms with Crippen LogP contribution in [0, 0.1) is 6.92 Å². The predicted octanol–water partition coefficient (Wildman–Crippen LogP) is 3.19. The van der Waals surface area contributed by atoms with E-state index in [1.807, 2.05) is 43.3 Å². The van der Waals surface area contributed by atoms with Crippen molar-refractivity contribution < 1.29 is 4.79 Å². The first kappa shape index (κ1) is 15.5. The first-order chi connectivity index (χ1) is 12.2. The maximum Gasteiger partial charge on any atom is 0.275 e. The van der Waals surface area contributed by atoms with Crippen molar-refractivity contribution in [1.82, 2.24) is 15.0 Å². The number of nitrogens with zero attached hydrogens (tertiary/aromatic N) is 4. The minimum absolute atomic E-state index is 0.270. The number of para-hydroxylation sites is 2. The van der Waals surface area contributed by atoms with E-state index in [1.165, 1.54) is 0 Å². The number of nitrogens with one attached hydrogen (secondary N) is 1. The number of carbonyl (C=O) groups excluding carboxylic acids is 1. The molecular weight excluding hydrogens is 314 g/mol. The van der Waals surface area contributed by atoms with Crippen molar-refractivity contribution in [2.75, 3.05) is 23.3 Å². The van der Waals surface area contributed by atoms with Gasteiger partial charge >= 0.3 is 0 Å². The second kappa shape index (κ2) is 6.47. The molecule has 3 aromatic rings. The third kappa shape index (κ3) is 3.15. The largest absolute Gasteiger partial charge is 0.354 e. The zero-order chi connectivity index (χ0) is 17.2. The van der Waals surface area contributed by atoms with E-state index >= 15 is 0 Å². The summed E-state index contributed by atoms with van der Waals surface area (Å²) in [7, 11) is 0. The van der Waals surface area contributed by atoms with Gasteiger partial charge in [0.15, 0.2) is 11.6 Å². The Morgan fingerprint density at radius 3 is 2.40 bits per heavy atom. The molecule has 0 radical (unpaired) electrons. The van der Waals surface area contributed by atoms with Crippen LogP contribution in [0.4, 0.5) is 11.6 Å². The Labute approximate surface area is 145 Å². The molecule has 0 atom stereocenters. The van der Waals surface area contributed by atoms with Crippen molar-refractivity contribution in [1.29, 1.82) is 0 Å². The number of anilines is 2. The summed E-state index contributed by atoms with van der Waals surface area (Å²) in [5.41, 5.74) is 2.77. The monoisotopic (exact) mass is 333 g/mol. The molecule has 25 heavy (non-hydrogen) atoms. The molecule has 1 fully saturated rings. The minimum Gasteiger partial charge on any atom is -0.354 e. The fourth-order valence-corrected chi connectivity index (χ4v) is 3.07. The molecule has 2 aromatic heterocycles. The summed E-state index contributed by atoms with van der Waals surface area (Å²) in [6, 6.07) is 13.1. The lowest BCUT2D eigenvalue weighted by Crippen LogP contribution is -2.23. The Kier molecular flexibility index (Phi) is 4.01. The van der Waals surface area contributed by atoms with E-state index in [9.17, 15) is 4.79 Å². The highest BCUT2D eigenvalue weighted by molar-refractivity contribution is 6.04. The van der Waals surface area contributed by atoms with Gasteiger partial charge in [0, 0.05) is 18.8 Å². The maximum atomic E-state index is 12.6. The van der Waals surface area contributed by atoms with Crippen LogP contribution in [0.25, 0.3) is 11.0 Å². The minimum atomic E-state index is -0.270. The number of carbonyl (C=O) groups is 1. The van der Waals surface area contributed by atoms with Crippen LogP contribution in [0.15, 0.2) is 42.5 Å². The summed E-state index contributed by atoms with van der Waals surface area (Å²) >= 11 is 0. The predicted molar refractivity (Wildman–Crippen MR) is 97.9 cm³/mol. The number of fused-ring (bicyclic) bond motifs is 1. The lowest BCUT2D eigenvalue weighted by Gasteiger charge is -2.20. The smallest absolute Gasteiger partial charge is 0.275 e. The van der Waals surface area contributed by atoms with E-state index < -0.39 is 0 Å². The van der Waals surface area contributed by atoms with Gasteiger partial charge in [0.2, 0.25) is 0 Å². The summed E-state index contributed by atoms with van der Waals surface area (Å²) in [5, 5.41) is 2.91. The number of benzene rings is 1. The van der Waals surface area contributed by atoms with Crippen LogP contribution in [-0.2, 0) is 0 Å². The molecule has 4 rings (SSSR count). The molecule has 1 N–H and O–H groups in total. The fourth-order valence-electron chi connectivity index (χ4n) is 3.07. The van der Waals surface area contributed by atoms with E-state index in [1.54, 1.807) is 6.07 Å². The molecule has 0 saturated carbocycles. The fraction of sp³-hybridized carbons (Fsp3) is 0.263. The summed E-state index contributed by atoms with van der Waals surface area (Å²) in [4.78, 5) is 28.5. The Morgan fingerprint density at radius 2 is 1.68 bits per heavy atom. The van der Waals surface area contributed by atoms with Gasteiger partial charge in [-0.2, -0.15) is 0 Å². The van der Waals surface area contributed by atoms with Gasteiger partial charge in [0.1, 0.15) is 5.69 Å². The molecule has 6 heteroatoms. The van der Waals surface area contributed by atoms with Crippen LogP contribution in [0.1, 0.15) is 29.0 Å². The van der Waals surface area contributed by atoms with Gasteiger partial charge in [-0.25, -0.2) is 15.0 Å². The van der Waals surface area contributed by atoms with Gasteiger partial charge in [0.05, 0.1) is 11.0 Å². The van der Waals surface area contributed by atoms with Crippen LogP contribution in [0.2, 0.25) is 0 Å². The van der Waals surface area contributed by atoms with Gasteiger partial charge in [0.25, 0.3) is 5.91 Å². The lowest BCUT2D eigenvalue weighted by molar-refractivity contribution is 0.102. The number of aryl methyl sites for hydroxylation is 1. The highest BCUT2D eigenvalue weighted by Gasteiger charge is 2.21. The number of pyridine rings is 1. The van der Waals surface area contributed by atoms with E-state index in [4.69, 9.17) is 4.98 Å². The third-order valence-electron chi connectivity index (χ3n) is 4.31. The van der Waals surface area contributed by atoms with Gasteiger partial charge in [-0.3, -0.25) is 4.79 Å². The standard InChI is InChI=1S/C19H19N5O/c1-13-7-6-10-16(20-13)19(25)23-17-18(24-11-4-5-12-24)22-15-9-3-2-8-14(15)21-17/h2-3,6-10H,4-5,11-12H2,1H3,(H,21,23,25). The van der Waals surface area contributed by atoms with E-state index in [0.29, 0.717) is 11.5 Å². The van der Waals surface area contributed by atoms with Gasteiger partial charge < -0.3 is 10.2 Å². The molecule has 1 aliphatic rings. The molecule has 0 unspecified atom stereocenters. The number of hydrogen-bond acceptors (Lipinski definition) is 5. The van der Waals surface area contributed by atoms with Crippen molar-refractivity contribution in [2.45, 2.75) is 19.8 Å². The van der Waals surface area contributed by atoms with Crippen molar-refractivity contribution in [3.05, 3.63) is 53.9 Å². The maximum absolute atomic E-state index is 12.6. The van der Waals surface area contributed by atoms with Crippen molar-refractivity contribution in [2.24, 2.45) is 0 Å². The first-order valence-corrected chi connectivity index (χ1v) is 8.47. The SMILES string of the molecule is Cc1cccc(C(=O)Nc2nc3ccccc3nc2N2CCCC2)n1. The Morgan fingerprint density at radius 1 is 0.960 bits per heavy atom.